The van der Waals surface area contributed by atoms with Gasteiger partial charge in [0.25, 0.3) is 0 Å². The van der Waals surface area contributed by atoms with Crippen molar-refractivity contribution in [1.82, 2.24) is 0 Å². The summed E-state index contributed by atoms with van der Waals surface area (Å²) in [5.74, 6) is -1.77. The van der Waals surface area contributed by atoms with Gasteiger partial charge in [-0.05, 0) is 116 Å². The van der Waals surface area contributed by atoms with Crippen LogP contribution in [-0.2, 0) is 25.7 Å². The lowest BCUT2D eigenvalue weighted by Crippen LogP contribution is -2.14. The third-order valence-corrected chi connectivity index (χ3v) is 7.95. The lowest BCUT2D eigenvalue weighted by atomic mass is 9.76. The highest BCUT2D eigenvalue weighted by atomic mass is 35.5. The third-order valence-electron chi connectivity index (χ3n) is 7.59. The van der Waals surface area contributed by atoms with Crippen LogP contribution in [0.3, 0.4) is 0 Å². The summed E-state index contributed by atoms with van der Waals surface area (Å²) in [6, 6.07) is 14.1. The molecular formula is C31H33ClF4. The lowest BCUT2D eigenvalue weighted by molar-refractivity contribution is 0.310. The molecule has 1 aliphatic carbocycles. The Morgan fingerprint density at radius 1 is 0.667 bits per heavy atom. The average molecular weight is 517 g/mol. The molecule has 0 N–H and O–H groups in total. The van der Waals surface area contributed by atoms with Gasteiger partial charge in [0.2, 0.25) is 0 Å². The van der Waals surface area contributed by atoms with Crippen LogP contribution >= 0.6 is 11.6 Å². The van der Waals surface area contributed by atoms with Gasteiger partial charge in [0.05, 0.1) is 0 Å². The molecule has 0 heterocycles. The van der Waals surface area contributed by atoms with Gasteiger partial charge in [0.1, 0.15) is 28.3 Å². The minimum Gasteiger partial charge on any atom is -0.207 e. The van der Waals surface area contributed by atoms with Crippen molar-refractivity contribution in [2.75, 3.05) is 0 Å². The van der Waals surface area contributed by atoms with Gasteiger partial charge in [-0.3, -0.25) is 0 Å². The minimum absolute atomic E-state index is 0.0158. The number of hydrogen-bond acceptors (Lipinski definition) is 0. The van der Waals surface area contributed by atoms with E-state index in [0.29, 0.717) is 29.4 Å². The van der Waals surface area contributed by atoms with Crippen LogP contribution in [0.2, 0.25) is 5.02 Å². The van der Waals surface area contributed by atoms with Crippen molar-refractivity contribution in [3.63, 3.8) is 0 Å². The monoisotopic (exact) mass is 516 g/mol. The van der Waals surface area contributed by atoms with E-state index >= 15 is 0 Å². The fourth-order valence-electron chi connectivity index (χ4n) is 5.46. The molecule has 0 aliphatic heterocycles. The Bertz CT molecular complexity index is 1120. The number of rotatable bonds is 9. The Labute approximate surface area is 216 Å². The third kappa shape index (κ3) is 6.70. The maximum atomic E-state index is 14.7. The summed E-state index contributed by atoms with van der Waals surface area (Å²) in [7, 11) is 0. The van der Waals surface area contributed by atoms with Crippen molar-refractivity contribution in [2.45, 2.75) is 77.0 Å². The van der Waals surface area contributed by atoms with Crippen LogP contribution in [0.25, 0.3) is 0 Å². The van der Waals surface area contributed by atoms with Gasteiger partial charge in [-0.15, -0.1) is 0 Å². The van der Waals surface area contributed by atoms with Crippen LogP contribution in [0, 0.1) is 29.2 Å². The molecule has 36 heavy (non-hydrogen) atoms. The van der Waals surface area contributed by atoms with Gasteiger partial charge in [-0.25, -0.2) is 17.6 Å². The molecule has 1 aliphatic rings. The molecule has 0 unspecified atom stereocenters. The maximum Gasteiger partial charge on any atom is 0.145 e. The Kier molecular flexibility index (Phi) is 9.11. The van der Waals surface area contributed by atoms with Crippen molar-refractivity contribution in [3.05, 3.63) is 105 Å². The van der Waals surface area contributed by atoms with Crippen molar-refractivity contribution < 1.29 is 17.6 Å². The number of benzene rings is 3. The Hall–Kier alpha value is -2.33. The Balaban J connectivity index is 1.28. The quantitative estimate of drug-likeness (QED) is 0.196. The van der Waals surface area contributed by atoms with Gasteiger partial charge in [0.15, 0.2) is 0 Å². The highest BCUT2D eigenvalue weighted by Gasteiger charge is 2.22. The van der Waals surface area contributed by atoms with Crippen molar-refractivity contribution in [3.8, 4) is 0 Å². The van der Waals surface area contributed by atoms with Gasteiger partial charge in [-0.2, -0.15) is 0 Å². The van der Waals surface area contributed by atoms with E-state index in [4.69, 9.17) is 11.6 Å². The van der Waals surface area contributed by atoms with Crippen molar-refractivity contribution >= 4 is 11.6 Å². The summed E-state index contributed by atoms with van der Waals surface area (Å²) in [5, 5.41) is -0.574. The summed E-state index contributed by atoms with van der Waals surface area (Å²) >= 11 is 5.50. The largest absolute Gasteiger partial charge is 0.207 e. The fourth-order valence-corrected chi connectivity index (χ4v) is 5.57. The first kappa shape index (κ1) is 26.7. The van der Waals surface area contributed by atoms with Gasteiger partial charge >= 0.3 is 0 Å². The Morgan fingerprint density at radius 2 is 1.22 bits per heavy atom. The standard InChI is InChI=1S/C31H33ClF4/c1-2-3-20-6-11-24(12-7-20)25-13-8-21(9-14-25)4-5-22-16-27(33)26(28(34)17-22)15-10-23-18-29(35)31(32)30(36)19-23/h6-7,11-12,16-19,21,25H,2-5,8-10,13-15H2,1H3. The van der Waals surface area contributed by atoms with E-state index in [1.165, 1.54) is 23.3 Å². The molecule has 0 amide bonds. The first-order chi connectivity index (χ1) is 17.3. The van der Waals surface area contributed by atoms with Crippen LogP contribution in [0.4, 0.5) is 17.6 Å². The first-order valence-electron chi connectivity index (χ1n) is 13.0. The van der Waals surface area contributed by atoms with E-state index in [0.717, 1.165) is 57.1 Å². The summed E-state index contributed by atoms with van der Waals surface area (Å²) in [4.78, 5) is 0. The van der Waals surface area contributed by atoms with E-state index in [-0.39, 0.29) is 18.4 Å². The van der Waals surface area contributed by atoms with Gasteiger partial charge in [-0.1, -0.05) is 49.2 Å². The Morgan fingerprint density at radius 3 is 1.81 bits per heavy atom. The molecule has 0 spiro atoms. The molecule has 0 radical (unpaired) electrons. The van der Waals surface area contributed by atoms with E-state index in [9.17, 15) is 17.6 Å². The molecule has 0 nitrogen and oxygen atoms in total. The van der Waals surface area contributed by atoms with E-state index < -0.39 is 28.3 Å². The summed E-state index contributed by atoms with van der Waals surface area (Å²) in [6.45, 7) is 2.20. The summed E-state index contributed by atoms with van der Waals surface area (Å²) in [6.07, 6.45) is 8.56. The lowest BCUT2D eigenvalue weighted by Gasteiger charge is -2.29. The second-order valence-corrected chi connectivity index (χ2v) is 10.5. The predicted octanol–water partition coefficient (Wildman–Crippen LogP) is 9.54. The predicted molar refractivity (Wildman–Crippen MR) is 139 cm³/mol. The van der Waals surface area contributed by atoms with Crippen molar-refractivity contribution in [2.24, 2.45) is 5.92 Å². The second-order valence-electron chi connectivity index (χ2n) is 10.2. The molecule has 0 atom stereocenters. The van der Waals surface area contributed by atoms with Gasteiger partial charge in [0, 0.05) is 5.56 Å². The molecule has 4 rings (SSSR count). The first-order valence-corrected chi connectivity index (χ1v) is 13.4. The molecule has 3 aromatic carbocycles. The van der Waals surface area contributed by atoms with E-state index in [2.05, 4.69) is 31.2 Å². The molecule has 0 aromatic heterocycles. The minimum atomic E-state index is -0.873. The van der Waals surface area contributed by atoms with E-state index in [1.54, 1.807) is 0 Å². The zero-order valence-electron chi connectivity index (χ0n) is 20.7. The topological polar surface area (TPSA) is 0 Å². The zero-order valence-corrected chi connectivity index (χ0v) is 21.5. The SMILES string of the molecule is CCCc1ccc(C2CCC(CCc3cc(F)c(CCc4cc(F)c(Cl)c(F)c4)c(F)c3)CC2)cc1. The second kappa shape index (κ2) is 12.3. The normalized spacial score (nSPS) is 17.9. The molecule has 1 saturated carbocycles. The number of halogens is 5. The van der Waals surface area contributed by atoms with Gasteiger partial charge < -0.3 is 0 Å². The fraction of sp³-hybridized carbons (Fsp3) is 0.419. The summed E-state index contributed by atoms with van der Waals surface area (Å²) < 4.78 is 56.7. The van der Waals surface area contributed by atoms with Crippen LogP contribution < -0.4 is 0 Å². The number of hydrogen-bond donors (Lipinski definition) is 0. The van der Waals surface area contributed by atoms with Crippen LogP contribution in [0.5, 0.6) is 0 Å². The smallest absolute Gasteiger partial charge is 0.145 e. The molecule has 1 fully saturated rings. The molecular weight excluding hydrogens is 484 g/mol. The summed E-state index contributed by atoms with van der Waals surface area (Å²) in [5.41, 5.74) is 3.74. The number of aryl methyl sites for hydroxylation is 3. The van der Waals surface area contributed by atoms with E-state index in [1.807, 2.05) is 0 Å². The molecule has 5 heteroatoms. The van der Waals surface area contributed by atoms with Crippen LogP contribution in [0.1, 0.15) is 79.2 Å². The average Bonchev–Trinajstić information content (AvgIpc) is 2.86. The van der Waals surface area contributed by atoms with Crippen molar-refractivity contribution in [1.29, 1.82) is 0 Å². The maximum absolute atomic E-state index is 14.7. The highest BCUT2D eigenvalue weighted by molar-refractivity contribution is 6.30. The molecule has 0 saturated heterocycles. The highest BCUT2D eigenvalue weighted by Crippen LogP contribution is 2.37. The van der Waals surface area contributed by atoms with Crippen LogP contribution in [0.15, 0.2) is 48.5 Å². The molecule has 3 aromatic rings. The van der Waals surface area contributed by atoms with Crippen LogP contribution in [-0.4, -0.2) is 0 Å². The molecule has 192 valence electrons. The zero-order chi connectivity index (χ0) is 25.7. The molecule has 0 bridgehead atoms.